The molecule has 0 spiro atoms. The molecule has 0 atom stereocenters. The highest BCUT2D eigenvalue weighted by atomic mass is 35.5. The second-order valence-electron chi connectivity index (χ2n) is 5.66. The van der Waals surface area contributed by atoms with Gasteiger partial charge in [0.05, 0.1) is 11.4 Å². The standard InChI is InChI=1S/C17H22ClN5/c1-3-15-16(4-2)20-21-17(19-15)23-11-9-22(10-12-23)14-7-5-13(18)6-8-14/h5-8H,3-4,9-12H2,1-2H3. The lowest BCUT2D eigenvalue weighted by atomic mass is 10.2. The molecule has 1 fully saturated rings. The summed E-state index contributed by atoms with van der Waals surface area (Å²) in [5.41, 5.74) is 3.29. The normalized spacial score (nSPS) is 15.1. The summed E-state index contributed by atoms with van der Waals surface area (Å²) in [5.74, 6) is 0.759. The highest BCUT2D eigenvalue weighted by Gasteiger charge is 2.20. The second-order valence-corrected chi connectivity index (χ2v) is 6.10. The maximum atomic E-state index is 5.96. The smallest absolute Gasteiger partial charge is 0.245 e. The summed E-state index contributed by atoms with van der Waals surface area (Å²) in [6.45, 7) is 7.91. The lowest BCUT2D eigenvalue weighted by Gasteiger charge is -2.36. The van der Waals surface area contributed by atoms with E-state index in [2.05, 4.69) is 46.0 Å². The van der Waals surface area contributed by atoms with Gasteiger partial charge >= 0.3 is 0 Å². The van der Waals surface area contributed by atoms with E-state index in [0.29, 0.717) is 0 Å². The number of rotatable bonds is 4. The van der Waals surface area contributed by atoms with Gasteiger partial charge in [0.2, 0.25) is 5.95 Å². The molecule has 0 aliphatic carbocycles. The van der Waals surface area contributed by atoms with E-state index in [1.807, 2.05) is 12.1 Å². The Labute approximate surface area is 142 Å². The Kier molecular flexibility index (Phi) is 4.96. The van der Waals surface area contributed by atoms with Crippen LogP contribution in [0, 0.1) is 0 Å². The van der Waals surface area contributed by atoms with E-state index in [-0.39, 0.29) is 0 Å². The van der Waals surface area contributed by atoms with Gasteiger partial charge < -0.3 is 9.80 Å². The maximum absolute atomic E-state index is 5.96. The fraction of sp³-hybridized carbons (Fsp3) is 0.471. The first-order valence-electron chi connectivity index (χ1n) is 8.19. The lowest BCUT2D eigenvalue weighted by molar-refractivity contribution is 0.629. The lowest BCUT2D eigenvalue weighted by Crippen LogP contribution is -2.47. The monoisotopic (exact) mass is 331 g/mol. The minimum Gasteiger partial charge on any atom is -0.368 e. The van der Waals surface area contributed by atoms with Crippen molar-refractivity contribution < 1.29 is 0 Å². The summed E-state index contributed by atoms with van der Waals surface area (Å²) in [4.78, 5) is 9.29. The van der Waals surface area contributed by atoms with E-state index in [1.54, 1.807) is 0 Å². The molecule has 0 radical (unpaired) electrons. The zero-order valence-corrected chi connectivity index (χ0v) is 14.4. The van der Waals surface area contributed by atoms with Gasteiger partial charge in [0, 0.05) is 36.9 Å². The Balaban J connectivity index is 1.68. The highest BCUT2D eigenvalue weighted by molar-refractivity contribution is 6.30. The van der Waals surface area contributed by atoms with Crippen LogP contribution >= 0.6 is 11.6 Å². The third-order valence-electron chi connectivity index (χ3n) is 4.25. The van der Waals surface area contributed by atoms with Crippen LogP contribution in [0.4, 0.5) is 11.6 Å². The van der Waals surface area contributed by atoms with E-state index in [4.69, 9.17) is 16.6 Å². The average Bonchev–Trinajstić information content (AvgIpc) is 2.62. The van der Waals surface area contributed by atoms with Crippen molar-refractivity contribution in [3.8, 4) is 0 Å². The first-order chi connectivity index (χ1) is 11.2. The predicted octanol–water partition coefficient (Wildman–Crippen LogP) is 2.98. The Morgan fingerprint density at radius 1 is 0.870 bits per heavy atom. The number of nitrogens with zero attached hydrogens (tertiary/aromatic N) is 5. The van der Waals surface area contributed by atoms with Crippen LogP contribution in [0.5, 0.6) is 0 Å². The van der Waals surface area contributed by atoms with Crippen molar-refractivity contribution in [2.24, 2.45) is 0 Å². The van der Waals surface area contributed by atoms with Gasteiger partial charge in [-0.05, 0) is 37.1 Å². The van der Waals surface area contributed by atoms with E-state index in [9.17, 15) is 0 Å². The summed E-state index contributed by atoms with van der Waals surface area (Å²) in [7, 11) is 0. The van der Waals surface area contributed by atoms with E-state index < -0.39 is 0 Å². The molecule has 0 N–H and O–H groups in total. The molecule has 1 aliphatic heterocycles. The average molecular weight is 332 g/mol. The van der Waals surface area contributed by atoms with Crippen molar-refractivity contribution in [2.75, 3.05) is 36.0 Å². The van der Waals surface area contributed by atoms with Crippen molar-refractivity contribution >= 4 is 23.2 Å². The number of halogens is 1. The minimum atomic E-state index is 0.759. The molecule has 122 valence electrons. The van der Waals surface area contributed by atoms with Gasteiger partial charge in [-0.15, -0.1) is 5.10 Å². The first-order valence-corrected chi connectivity index (χ1v) is 8.57. The van der Waals surface area contributed by atoms with Gasteiger partial charge in [-0.1, -0.05) is 25.4 Å². The minimum absolute atomic E-state index is 0.759. The van der Waals surface area contributed by atoms with Gasteiger partial charge in [0.1, 0.15) is 0 Å². The van der Waals surface area contributed by atoms with Crippen LogP contribution in [0.3, 0.4) is 0 Å². The number of benzene rings is 1. The summed E-state index contributed by atoms with van der Waals surface area (Å²) in [6.07, 6.45) is 1.78. The highest BCUT2D eigenvalue weighted by Crippen LogP contribution is 2.21. The van der Waals surface area contributed by atoms with E-state index in [1.165, 1.54) is 5.69 Å². The molecule has 2 heterocycles. The topological polar surface area (TPSA) is 45.2 Å². The molecule has 1 aromatic carbocycles. The van der Waals surface area contributed by atoms with Crippen LogP contribution in [0.1, 0.15) is 25.2 Å². The van der Waals surface area contributed by atoms with Crippen LogP contribution in [0.2, 0.25) is 5.02 Å². The van der Waals surface area contributed by atoms with Crippen LogP contribution in [0.15, 0.2) is 24.3 Å². The van der Waals surface area contributed by atoms with Crippen LogP contribution in [-0.4, -0.2) is 41.4 Å². The number of aryl methyl sites for hydroxylation is 2. The van der Waals surface area contributed by atoms with Gasteiger partial charge in [-0.3, -0.25) is 0 Å². The zero-order valence-electron chi connectivity index (χ0n) is 13.7. The van der Waals surface area contributed by atoms with Gasteiger partial charge in [-0.25, -0.2) is 4.98 Å². The third kappa shape index (κ3) is 3.55. The Bertz CT molecular complexity index is 651. The van der Waals surface area contributed by atoms with Crippen molar-refractivity contribution in [1.29, 1.82) is 0 Å². The predicted molar refractivity (Wildman–Crippen MR) is 94.5 cm³/mol. The van der Waals surface area contributed by atoms with E-state index in [0.717, 1.165) is 61.4 Å². The summed E-state index contributed by atoms with van der Waals surface area (Å²) >= 11 is 5.96. The number of anilines is 2. The molecule has 0 saturated carbocycles. The van der Waals surface area contributed by atoms with Crippen LogP contribution in [-0.2, 0) is 12.8 Å². The molecule has 1 aromatic heterocycles. The van der Waals surface area contributed by atoms with Gasteiger partial charge in [-0.2, -0.15) is 5.10 Å². The molecular formula is C17H22ClN5. The largest absolute Gasteiger partial charge is 0.368 e. The number of hydrogen-bond acceptors (Lipinski definition) is 5. The molecule has 6 heteroatoms. The molecule has 0 bridgehead atoms. The quantitative estimate of drug-likeness (QED) is 0.862. The summed E-state index contributed by atoms with van der Waals surface area (Å²) < 4.78 is 0. The van der Waals surface area contributed by atoms with Crippen LogP contribution < -0.4 is 9.80 Å². The number of aromatic nitrogens is 3. The molecule has 2 aromatic rings. The Morgan fingerprint density at radius 3 is 2.09 bits per heavy atom. The summed E-state index contributed by atoms with van der Waals surface area (Å²) in [6, 6.07) is 8.02. The van der Waals surface area contributed by atoms with Crippen molar-refractivity contribution in [3.05, 3.63) is 40.7 Å². The molecule has 1 aliphatic rings. The van der Waals surface area contributed by atoms with Crippen LogP contribution in [0.25, 0.3) is 0 Å². The van der Waals surface area contributed by atoms with Gasteiger partial charge in [0.25, 0.3) is 0 Å². The Morgan fingerprint density at radius 2 is 1.48 bits per heavy atom. The molecule has 23 heavy (non-hydrogen) atoms. The summed E-state index contributed by atoms with van der Waals surface area (Å²) in [5, 5.41) is 9.44. The maximum Gasteiger partial charge on any atom is 0.245 e. The fourth-order valence-corrected chi connectivity index (χ4v) is 3.00. The third-order valence-corrected chi connectivity index (χ3v) is 4.50. The van der Waals surface area contributed by atoms with Gasteiger partial charge in [0.15, 0.2) is 0 Å². The molecule has 0 amide bonds. The van der Waals surface area contributed by atoms with Crippen molar-refractivity contribution in [3.63, 3.8) is 0 Å². The number of piperazine rings is 1. The SMILES string of the molecule is CCc1nnc(N2CCN(c3ccc(Cl)cc3)CC2)nc1CC. The molecule has 0 unspecified atom stereocenters. The van der Waals surface area contributed by atoms with Crippen molar-refractivity contribution in [2.45, 2.75) is 26.7 Å². The number of hydrogen-bond donors (Lipinski definition) is 0. The molecule has 5 nitrogen and oxygen atoms in total. The van der Waals surface area contributed by atoms with Crippen molar-refractivity contribution in [1.82, 2.24) is 15.2 Å². The first kappa shape index (κ1) is 16.0. The fourth-order valence-electron chi connectivity index (χ4n) is 2.88. The second kappa shape index (κ2) is 7.13. The van der Waals surface area contributed by atoms with E-state index >= 15 is 0 Å². The molecule has 1 saturated heterocycles. The Hall–Kier alpha value is -1.88. The zero-order chi connectivity index (χ0) is 16.2. The molecular weight excluding hydrogens is 310 g/mol. The molecule has 3 rings (SSSR count).